The SMILES string of the molecule is CN1C/C(=C\c2cc3ccccc3n2Br)C(=O)/C(=C/c2cc3ccccc3n2Br)C1. The van der Waals surface area contributed by atoms with Crippen molar-refractivity contribution in [1.82, 2.24) is 12.1 Å². The number of ketones is 1. The van der Waals surface area contributed by atoms with Gasteiger partial charge in [0.25, 0.3) is 0 Å². The molecule has 0 unspecified atom stereocenters. The maximum absolute atomic E-state index is 13.3. The first-order valence-corrected chi connectivity index (χ1v) is 11.1. The van der Waals surface area contributed by atoms with E-state index >= 15 is 0 Å². The predicted octanol–water partition coefficient (Wildman–Crippen LogP) is 5.89. The summed E-state index contributed by atoms with van der Waals surface area (Å²) >= 11 is 7.27. The van der Waals surface area contributed by atoms with Gasteiger partial charge in [0.05, 0.1) is 54.7 Å². The number of para-hydroxylation sites is 2. The number of benzene rings is 2. The number of likely N-dealkylation sites (N-methyl/N-ethyl adjacent to an activating group) is 1. The summed E-state index contributed by atoms with van der Waals surface area (Å²) in [7, 11) is 2.04. The number of hydrogen-bond acceptors (Lipinski definition) is 2. The van der Waals surface area contributed by atoms with Gasteiger partial charge in [-0.3, -0.25) is 16.9 Å². The van der Waals surface area contributed by atoms with Crippen molar-refractivity contribution in [2.45, 2.75) is 0 Å². The van der Waals surface area contributed by atoms with Gasteiger partial charge >= 0.3 is 0 Å². The first-order chi connectivity index (χ1) is 14.5. The summed E-state index contributed by atoms with van der Waals surface area (Å²) in [5.74, 6) is 0.101. The summed E-state index contributed by atoms with van der Waals surface area (Å²) < 4.78 is 3.91. The standard InChI is InChI=1S/C24H19Br2N3O/c1-27-14-18(12-20-10-16-6-2-4-8-22(16)28(20)25)24(30)19(15-27)13-21-11-17-7-3-5-9-23(17)29(21)26/h2-13H,14-15H2,1H3/b18-12+,19-13+. The maximum atomic E-state index is 13.3. The zero-order chi connectivity index (χ0) is 20.8. The first-order valence-electron chi connectivity index (χ1n) is 9.69. The number of halogens is 2. The molecule has 3 heterocycles. The van der Waals surface area contributed by atoms with Crippen LogP contribution in [0, 0.1) is 0 Å². The largest absolute Gasteiger partial charge is 0.298 e. The summed E-state index contributed by atoms with van der Waals surface area (Å²) in [5, 5.41) is 2.27. The van der Waals surface area contributed by atoms with Crippen molar-refractivity contribution in [2.24, 2.45) is 0 Å². The van der Waals surface area contributed by atoms with Gasteiger partial charge in [0.1, 0.15) is 0 Å². The highest BCUT2D eigenvalue weighted by atomic mass is 79.9. The fourth-order valence-corrected chi connectivity index (χ4v) is 5.11. The number of likely N-dealkylation sites (tertiary alicyclic amines) is 1. The summed E-state index contributed by atoms with van der Waals surface area (Å²) in [5.41, 5.74) is 5.67. The third-order valence-electron chi connectivity index (χ3n) is 5.46. The van der Waals surface area contributed by atoms with E-state index in [1.807, 2.05) is 50.7 Å². The Morgan fingerprint density at radius 1 is 0.767 bits per heavy atom. The third-order valence-corrected chi connectivity index (χ3v) is 7.05. The Hall–Kier alpha value is -2.41. The molecule has 1 saturated heterocycles. The average Bonchev–Trinajstić information content (AvgIpc) is 3.23. The van der Waals surface area contributed by atoms with Gasteiger partial charge in [0, 0.05) is 35.0 Å². The molecule has 1 aliphatic rings. The highest BCUT2D eigenvalue weighted by Gasteiger charge is 2.25. The lowest BCUT2D eigenvalue weighted by Crippen LogP contribution is -2.34. The lowest BCUT2D eigenvalue weighted by atomic mass is 9.96. The van der Waals surface area contributed by atoms with Gasteiger partial charge in [-0.2, -0.15) is 0 Å². The van der Waals surface area contributed by atoms with Crippen LogP contribution in [0.25, 0.3) is 34.0 Å². The van der Waals surface area contributed by atoms with Gasteiger partial charge in [0.2, 0.25) is 0 Å². The van der Waals surface area contributed by atoms with Crippen molar-refractivity contribution in [2.75, 3.05) is 20.1 Å². The van der Waals surface area contributed by atoms with Crippen molar-refractivity contribution in [3.8, 4) is 0 Å². The van der Waals surface area contributed by atoms with Crippen LogP contribution in [-0.4, -0.2) is 38.0 Å². The monoisotopic (exact) mass is 523 g/mol. The molecule has 2 aromatic carbocycles. The molecule has 0 bridgehead atoms. The van der Waals surface area contributed by atoms with Crippen LogP contribution in [0.3, 0.4) is 0 Å². The smallest absolute Gasteiger partial charge is 0.187 e. The molecule has 0 amide bonds. The van der Waals surface area contributed by atoms with Gasteiger partial charge in [0.15, 0.2) is 5.78 Å². The van der Waals surface area contributed by atoms with Gasteiger partial charge in [-0.15, -0.1) is 0 Å². The Morgan fingerprint density at radius 3 is 1.63 bits per heavy atom. The molecule has 4 nitrogen and oxygen atoms in total. The van der Waals surface area contributed by atoms with Crippen LogP contribution in [0.15, 0.2) is 71.8 Å². The van der Waals surface area contributed by atoms with E-state index in [-0.39, 0.29) is 5.78 Å². The zero-order valence-corrected chi connectivity index (χ0v) is 19.5. The molecule has 0 aliphatic carbocycles. The second-order valence-electron chi connectivity index (χ2n) is 7.66. The van der Waals surface area contributed by atoms with E-state index in [1.54, 1.807) is 0 Å². The molecule has 0 N–H and O–H groups in total. The zero-order valence-electron chi connectivity index (χ0n) is 16.3. The number of piperidine rings is 1. The molecular formula is C24H19Br2N3O. The molecule has 5 rings (SSSR count). The van der Waals surface area contributed by atoms with E-state index < -0.39 is 0 Å². The molecule has 6 heteroatoms. The normalized spacial score (nSPS) is 18.3. The Labute approximate surface area is 191 Å². The Kier molecular flexibility index (Phi) is 5.01. The van der Waals surface area contributed by atoms with Crippen LogP contribution in [0.1, 0.15) is 11.4 Å². The Morgan fingerprint density at radius 2 is 1.20 bits per heavy atom. The van der Waals surface area contributed by atoms with Gasteiger partial charge in [-0.1, -0.05) is 36.4 Å². The van der Waals surface area contributed by atoms with Crippen LogP contribution >= 0.6 is 32.3 Å². The molecule has 1 fully saturated rings. The van der Waals surface area contributed by atoms with Gasteiger partial charge in [-0.25, -0.2) is 0 Å². The van der Waals surface area contributed by atoms with E-state index in [0.717, 1.165) is 44.3 Å². The highest BCUT2D eigenvalue weighted by Crippen LogP contribution is 2.28. The average molecular weight is 525 g/mol. The van der Waals surface area contributed by atoms with Crippen molar-refractivity contribution in [3.05, 3.63) is 83.2 Å². The third kappa shape index (κ3) is 3.39. The predicted molar refractivity (Wildman–Crippen MR) is 131 cm³/mol. The number of Topliss-reactive ketones (excluding diaryl/α,β-unsaturated/α-hetero) is 1. The molecule has 0 spiro atoms. The molecule has 30 heavy (non-hydrogen) atoms. The van der Waals surface area contributed by atoms with Crippen LogP contribution in [0.5, 0.6) is 0 Å². The van der Waals surface area contributed by atoms with Crippen molar-refractivity contribution in [3.63, 3.8) is 0 Å². The van der Waals surface area contributed by atoms with Crippen LogP contribution < -0.4 is 0 Å². The number of aromatic nitrogens is 2. The molecule has 0 saturated carbocycles. The van der Waals surface area contributed by atoms with E-state index in [1.165, 1.54) is 0 Å². The molecule has 4 aromatic rings. The van der Waals surface area contributed by atoms with E-state index in [9.17, 15) is 4.79 Å². The fraction of sp³-hybridized carbons (Fsp3) is 0.125. The number of rotatable bonds is 2. The topological polar surface area (TPSA) is 30.2 Å². The Balaban J connectivity index is 1.55. The number of carbonyl (C=O) groups excluding carboxylic acids is 1. The van der Waals surface area contributed by atoms with Gasteiger partial charge in [-0.05, 0) is 43.5 Å². The second-order valence-corrected chi connectivity index (χ2v) is 9.08. The molecule has 150 valence electrons. The van der Waals surface area contributed by atoms with Crippen molar-refractivity contribution >= 4 is 72.0 Å². The van der Waals surface area contributed by atoms with Crippen LogP contribution in [0.4, 0.5) is 0 Å². The molecule has 2 aromatic heterocycles. The minimum atomic E-state index is 0.101. The minimum Gasteiger partial charge on any atom is -0.298 e. The first kappa shape index (κ1) is 19.5. The molecule has 0 radical (unpaired) electrons. The van der Waals surface area contributed by atoms with Crippen molar-refractivity contribution < 1.29 is 4.79 Å². The summed E-state index contributed by atoms with van der Waals surface area (Å²) in [4.78, 5) is 15.5. The summed E-state index contributed by atoms with van der Waals surface area (Å²) in [6.07, 6.45) is 3.98. The second kappa shape index (κ2) is 7.69. The molecular weight excluding hydrogens is 506 g/mol. The van der Waals surface area contributed by atoms with E-state index in [0.29, 0.717) is 13.1 Å². The number of carbonyl (C=O) groups is 1. The maximum Gasteiger partial charge on any atom is 0.187 e. The highest BCUT2D eigenvalue weighted by molar-refractivity contribution is 9.08. The van der Waals surface area contributed by atoms with E-state index in [2.05, 4.69) is 73.6 Å². The summed E-state index contributed by atoms with van der Waals surface area (Å²) in [6.45, 7) is 1.25. The number of nitrogens with zero attached hydrogens (tertiary/aromatic N) is 3. The van der Waals surface area contributed by atoms with Gasteiger partial charge < -0.3 is 0 Å². The fourth-order valence-electron chi connectivity index (χ4n) is 4.05. The lowest BCUT2D eigenvalue weighted by Gasteiger charge is -2.26. The quantitative estimate of drug-likeness (QED) is 0.306. The van der Waals surface area contributed by atoms with E-state index in [4.69, 9.17) is 0 Å². The lowest BCUT2D eigenvalue weighted by molar-refractivity contribution is -0.113. The minimum absolute atomic E-state index is 0.101. The van der Waals surface area contributed by atoms with Crippen LogP contribution in [0.2, 0.25) is 0 Å². The molecule has 0 atom stereocenters. The number of hydrogen-bond donors (Lipinski definition) is 0. The molecule has 1 aliphatic heterocycles. The van der Waals surface area contributed by atoms with Crippen LogP contribution in [-0.2, 0) is 4.79 Å². The summed E-state index contributed by atoms with van der Waals surface area (Å²) in [6, 6.07) is 20.5. The Bertz CT molecular complexity index is 1260. The van der Waals surface area contributed by atoms with Crippen molar-refractivity contribution in [1.29, 1.82) is 0 Å². The number of fused-ring (bicyclic) bond motifs is 2.